The summed E-state index contributed by atoms with van der Waals surface area (Å²) in [6.45, 7) is 4.57. The first-order valence-corrected chi connectivity index (χ1v) is 10.9. The van der Waals surface area contributed by atoms with Gasteiger partial charge in [0.15, 0.2) is 0 Å². The van der Waals surface area contributed by atoms with Crippen LogP contribution in [0.5, 0.6) is 0 Å². The van der Waals surface area contributed by atoms with Gasteiger partial charge in [0, 0.05) is 0 Å². The maximum Gasteiger partial charge on any atom is 0.0613 e. The van der Waals surface area contributed by atoms with Gasteiger partial charge in [0.25, 0.3) is 0 Å². The van der Waals surface area contributed by atoms with Crippen LogP contribution in [0.1, 0.15) is 108 Å². The lowest BCUT2D eigenvalue weighted by Gasteiger charge is -2.22. The molecule has 1 rings (SSSR count). The molecule has 0 spiro atoms. The van der Waals surface area contributed by atoms with E-state index in [4.69, 9.17) is 11.6 Å². The highest BCUT2D eigenvalue weighted by Gasteiger charge is 2.20. The van der Waals surface area contributed by atoms with E-state index >= 15 is 0 Å². The molecule has 0 aromatic heterocycles. The number of hydrogen-bond acceptors (Lipinski definition) is 0. The molecule has 0 heterocycles. The number of hydrogen-bond donors (Lipinski definition) is 0. The molecule has 0 saturated heterocycles. The lowest BCUT2D eigenvalue weighted by atomic mass is 9.88. The van der Waals surface area contributed by atoms with E-state index in [1.54, 1.807) is 0 Å². The van der Waals surface area contributed by atoms with Crippen LogP contribution in [0.25, 0.3) is 0 Å². The molecule has 0 aliphatic rings. The van der Waals surface area contributed by atoms with Gasteiger partial charge in [0.2, 0.25) is 0 Å². The van der Waals surface area contributed by atoms with Crippen LogP contribution in [0.4, 0.5) is 0 Å². The standard InChI is InChI=1S/C23H39Cl/c1-3-5-7-8-9-10-11-12-14-18-21(17-6-4-2)23(24)22-19-15-13-16-20-22/h13,15-16,19-21,23H,3-12,14,17-18H2,1-2H3. The van der Waals surface area contributed by atoms with Gasteiger partial charge in [-0.05, 0) is 24.3 Å². The largest absolute Gasteiger partial charge is 0.118 e. The van der Waals surface area contributed by atoms with Crippen molar-refractivity contribution < 1.29 is 0 Å². The second-order valence-corrected chi connectivity index (χ2v) is 7.80. The van der Waals surface area contributed by atoms with Crippen LogP contribution in [0, 0.1) is 5.92 Å². The number of unbranched alkanes of at least 4 members (excludes halogenated alkanes) is 9. The summed E-state index contributed by atoms with van der Waals surface area (Å²) in [5, 5.41) is 0.187. The second-order valence-electron chi connectivity index (χ2n) is 7.33. The van der Waals surface area contributed by atoms with Crippen LogP contribution in [-0.2, 0) is 0 Å². The summed E-state index contributed by atoms with van der Waals surface area (Å²) < 4.78 is 0. The van der Waals surface area contributed by atoms with Gasteiger partial charge in [-0.25, -0.2) is 0 Å². The van der Waals surface area contributed by atoms with E-state index < -0.39 is 0 Å². The molecule has 138 valence electrons. The lowest BCUT2D eigenvalue weighted by Crippen LogP contribution is -2.08. The fourth-order valence-electron chi connectivity index (χ4n) is 3.53. The van der Waals surface area contributed by atoms with Gasteiger partial charge in [-0.2, -0.15) is 0 Å². The number of rotatable bonds is 15. The van der Waals surface area contributed by atoms with Gasteiger partial charge < -0.3 is 0 Å². The smallest absolute Gasteiger partial charge is 0.0613 e. The Labute approximate surface area is 156 Å². The highest BCUT2D eigenvalue weighted by molar-refractivity contribution is 6.21. The molecule has 2 atom stereocenters. The van der Waals surface area contributed by atoms with Gasteiger partial charge in [-0.3, -0.25) is 0 Å². The van der Waals surface area contributed by atoms with Crippen molar-refractivity contribution in [2.24, 2.45) is 5.92 Å². The van der Waals surface area contributed by atoms with Gasteiger partial charge in [0.05, 0.1) is 5.38 Å². The van der Waals surface area contributed by atoms with Crippen LogP contribution in [-0.4, -0.2) is 0 Å². The maximum absolute atomic E-state index is 6.82. The Morgan fingerprint density at radius 3 is 1.75 bits per heavy atom. The Kier molecular flexibility index (Phi) is 13.3. The van der Waals surface area contributed by atoms with E-state index in [0.29, 0.717) is 5.92 Å². The fraction of sp³-hybridized carbons (Fsp3) is 0.739. The first-order chi connectivity index (χ1) is 11.8. The number of benzene rings is 1. The molecule has 0 nitrogen and oxygen atoms in total. The Hall–Kier alpha value is -0.490. The van der Waals surface area contributed by atoms with Crippen LogP contribution >= 0.6 is 11.6 Å². The van der Waals surface area contributed by atoms with E-state index in [0.717, 1.165) is 0 Å². The van der Waals surface area contributed by atoms with E-state index in [1.807, 2.05) is 0 Å². The molecule has 0 fully saturated rings. The minimum absolute atomic E-state index is 0.187. The predicted octanol–water partition coefficient (Wildman–Crippen LogP) is 8.69. The van der Waals surface area contributed by atoms with E-state index in [1.165, 1.54) is 89.0 Å². The number of halogens is 1. The second kappa shape index (κ2) is 14.8. The Balaban J connectivity index is 2.23. The third-order valence-electron chi connectivity index (χ3n) is 5.14. The maximum atomic E-state index is 6.82. The van der Waals surface area contributed by atoms with Gasteiger partial charge in [-0.15, -0.1) is 11.6 Å². The van der Waals surface area contributed by atoms with Crippen molar-refractivity contribution in [2.75, 3.05) is 0 Å². The normalized spacial score (nSPS) is 13.8. The molecule has 1 aromatic rings. The Bertz CT molecular complexity index is 373. The van der Waals surface area contributed by atoms with Crippen molar-refractivity contribution in [2.45, 2.75) is 103 Å². The summed E-state index contributed by atoms with van der Waals surface area (Å²) in [4.78, 5) is 0. The minimum atomic E-state index is 0.187. The summed E-state index contributed by atoms with van der Waals surface area (Å²) in [7, 11) is 0. The molecule has 1 aromatic carbocycles. The topological polar surface area (TPSA) is 0 Å². The summed E-state index contributed by atoms with van der Waals surface area (Å²) in [6, 6.07) is 10.7. The predicted molar refractivity (Wildman–Crippen MR) is 110 cm³/mol. The molecule has 0 bridgehead atoms. The minimum Gasteiger partial charge on any atom is -0.118 e. The van der Waals surface area contributed by atoms with Crippen molar-refractivity contribution >= 4 is 11.6 Å². The molecule has 24 heavy (non-hydrogen) atoms. The fourth-order valence-corrected chi connectivity index (χ4v) is 3.93. The molecular weight excluding hydrogens is 312 g/mol. The highest BCUT2D eigenvalue weighted by Crippen LogP contribution is 2.35. The summed E-state index contributed by atoms with van der Waals surface area (Å²) >= 11 is 6.82. The first-order valence-electron chi connectivity index (χ1n) is 10.5. The van der Waals surface area contributed by atoms with Crippen molar-refractivity contribution in [3.63, 3.8) is 0 Å². The SMILES string of the molecule is CCCCCCCCCCCC(CCCC)C(Cl)c1ccccc1. The van der Waals surface area contributed by atoms with Crippen molar-refractivity contribution in [1.29, 1.82) is 0 Å². The average molecular weight is 351 g/mol. The van der Waals surface area contributed by atoms with E-state index in [9.17, 15) is 0 Å². The third kappa shape index (κ3) is 9.72. The summed E-state index contributed by atoms with van der Waals surface area (Å²) in [5.74, 6) is 0.638. The molecule has 0 N–H and O–H groups in total. The zero-order valence-electron chi connectivity index (χ0n) is 16.1. The van der Waals surface area contributed by atoms with E-state index in [2.05, 4.69) is 44.2 Å². The van der Waals surface area contributed by atoms with Gasteiger partial charge in [0.1, 0.15) is 0 Å². The quantitative estimate of drug-likeness (QED) is 0.219. The Morgan fingerprint density at radius 1 is 0.667 bits per heavy atom. The van der Waals surface area contributed by atoms with Gasteiger partial charge >= 0.3 is 0 Å². The van der Waals surface area contributed by atoms with Crippen molar-refractivity contribution in [3.05, 3.63) is 35.9 Å². The zero-order chi connectivity index (χ0) is 17.5. The average Bonchev–Trinajstić information content (AvgIpc) is 2.63. The monoisotopic (exact) mass is 350 g/mol. The van der Waals surface area contributed by atoms with Crippen LogP contribution in [0.2, 0.25) is 0 Å². The van der Waals surface area contributed by atoms with Crippen molar-refractivity contribution in [1.82, 2.24) is 0 Å². The molecule has 0 aliphatic heterocycles. The lowest BCUT2D eigenvalue weighted by molar-refractivity contribution is 0.398. The summed E-state index contributed by atoms with van der Waals surface area (Å²) in [5.41, 5.74) is 1.30. The molecule has 1 heteroatoms. The summed E-state index contributed by atoms with van der Waals surface area (Å²) in [6.07, 6.45) is 17.8. The van der Waals surface area contributed by atoms with Crippen molar-refractivity contribution in [3.8, 4) is 0 Å². The van der Waals surface area contributed by atoms with E-state index in [-0.39, 0.29) is 5.38 Å². The number of alkyl halides is 1. The first kappa shape index (κ1) is 21.6. The van der Waals surface area contributed by atoms with Crippen LogP contribution in [0.3, 0.4) is 0 Å². The molecule has 0 amide bonds. The molecule has 0 aliphatic carbocycles. The molecule has 2 unspecified atom stereocenters. The Morgan fingerprint density at radius 2 is 1.17 bits per heavy atom. The third-order valence-corrected chi connectivity index (χ3v) is 5.75. The molecular formula is C23H39Cl. The molecule has 0 saturated carbocycles. The molecule has 0 radical (unpaired) electrons. The van der Waals surface area contributed by atoms with Gasteiger partial charge in [-0.1, -0.05) is 115 Å². The zero-order valence-corrected chi connectivity index (χ0v) is 16.9. The van der Waals surface area contributed by atoms with Crippen LogP contribution in [0.15, 0.2) is 30.3 Å². The van der Waals surface area contributed by atoms with Crippen LogP contribution < -0.4 is 0 Å². The highest BCUT2D eigenvalue weighted by atomic mass is 35.5.